The molecular formula is C29H34N2O6S. The molecule has 0 N–H and O–H groups in total. The van der Waals surface area contributed by atoms with Gasteiger partial charge in [-0.25, -0.2) is 8.42 Å². The zero-order chi connectivity index (χ0) is 27.5. The summed E-state index contributed by atoms with van der Waals surface area (Å²) in [5.74, 6) is -1.97. The third-order valence-corrected chi connectivity index (χ3v) is 7.87. The molecule has 0 aliphatic heterocycles. The number of hydrogen-bond acceptors (Lipinski definition) is 6. The minimum Gasteiger partial charge on any atom is -0.497 e. The maximum atomic E-state index is 14.1. The molecule has 0 bridgehead atoms. The predicted molar refractivity (Wildman–Crippen MR) is 144 cm³/mol. The number of unbranched alkanes of at least 4 members (excludes halogenated alkanes) is 1. The van der Waals surface area contributed by atoms with Crippen molar-refractivity contribution < 1.29 is 27.5 Å². The number of hydrazine groups is 1. The van der Waals surface area contributed by atoms with E-state index in [4.69, 9.17) is 9.47 Å². The van der Waals surface area contributed by atoms with Crippen LogP contribution in [0.4, 0.5) is 0 Å². The Morgan fingerprint density at radius 3 is 1.87 bits per heavy atom. The second-order valence-corrected chi connectivity index (χ2v) is 10.6. The summed E-state index contributed by atoms with van der Waals surface area (Å²) in [6.07, 6.45) is 1.61. The highest BCUT2D eigenvalue weighted by atomic mass is 32.2. The van der Waals surface area contributed by atoms with Gasteiger partial charge in [-0.1, -0.05) is 80.4 Å². The fourth-order valence-corrected chi connectivity index (χ4v) is 5.44. The molecule has 0 radical (unpaired) electrons. The van der Waals surface area contributed by atoms with Crippen molar-refractivity contribution in [2.75, 3.05) is 14.2 Å². The van der Waals surface area contributed by atoms with E-state index in [1.165, 1.54) is 31.4 Å². The van der Waals surface area contributed by atoms with Crippen molar-refractivity contribution in [3.8, 4) is 5.75 Å². The van der Waals surface area contributed by atoms with E-state index in [-0.39, 0.29) is 24.4 Å². The molecule has 0 heterocycles. The van der Waals surface area contributed by atoms with Crippen LogP contribution in [-0.4, -0.2) is 43.9 Å². The van der Waals surface area contributed by atoms with Gasteiger partial charge in [-0.05, 0) is 41.8 Å². The Morgan fingerprint density at radius 1 is 0.816 bits per heavy atom. The number of nitrogens with zero attached hydrogens (tertiary/aromatic N) is 2. The second-order valence-electron chi connectivity index (χ2n) is 8.75. The third kappa shape index (κ3) is 7.20. The minimum atomic E-state index is -4.24. The van der Waals surface area contributed by atoms with E-state index in [1.807, 2.05) is 31.2 Å². The van der Waals surface area contributed by atoms with Crippen molar-refractivity contribution in [3.05, 3.63) is 96.1 Å². The van der Waals surface area contributed by atoms with Gasteiger partial charge in [-0.2, -0.15) is 0 Å². The van der Waals surface area contributed by atoms with Crippen LogP contribution >= 0.6 is 0 Å². The van der Waals surface area contributed by atoms with E-state index < -0.39 is 27.8 Å². The quantitative estimate of drug-likeness (QED) is 0.176. The Labute approximate surface area is 224 Å². The number of hydrogen-bond donors (Lipinski definition) is 0. The number of carbonyl (C=O) groups excluding carboxylic acids is 2. The molecule has 0 aliphatic carbocycles. The zero-order valence-corrected chi connectivity index (χ0v) is 22.8. The average Bonchev–Trinajstić information content (AvgIpc) is 2.95. The molecule has 9 heteroatoms. The molecule has 0 aromatic heterocycles. The van der Waals surface area contributed by atoms with Gasteiger partial charge in [0.15, 0.2) is 0 Å². The molecule has 1 amide bonds. The maximum absolute atomic E-state index is 14.1. The van der Waals surface area contributed by atoms with Crippen LogP contribution in [0, 0.1) is 5.92 Å². The van der Waals surface area contributed by atoms with Gasteiger partial charge >= 0.3 is 5.97 Å². The molecule has 0 fully saturated rings. The summed E-state index contributed by atoms with van der Waals surface area (Å²) >= 11 is 0. The first-order chi connectivity index (χ1) is 18.3. The van der Waals surface area contributed by atoms with E-state index >= 15 is 0 Å². The zero-order valence-electron chi connectivity index (χ0n) is 21.9. The predicted octanol–water partition coefficient (Wildman–Crippen LogP) is 4.81. The normalized spacial score (nSPS) is 12.1. The van der Waals surface area contributed by atoms with Crippen molar-refractivity contribution in [2.45, 2.75) is 44.2 Å². The molecule has 1 unspecified atom stereocenters. The molecular weight excluding hydrogens is 504 g/mol. The molecule has 3 rings (SSSR count). The molecule has 0 saturated carbocycles. The van der Waals surface area contributed by atoms with Gasteiger partial charge in [0, 0.05) is 0 Å². The van der Waals surface area contributed by atoms with Crippen molar-refractivity contribution in [2.24, 2.45) is 5.92 Å². The molecule has 202 valence electrons. The van der Waals surface area contributed by atoms with Gasteiger partial charge in [0.25, 0.3) is 15.9 Å². The number of rotatable bonds is 13. The van der Waals surface area contributed by atoms with E-state index in [2.05, 4.69) is 0 Å². The molecule has 3 aromatic carbocycles. The summed E-state index contributed by atoms with van der Waals surface area (Å²) in [7, 11) is -1.52. The highest BCUT2D eigenvalue weighted by molar-refractivity contribution is 7.89. The molecule has 8 nitrogen and oxygen atoms in total. The van der Waals surface area contributed by atoms with E-state index in [0.717, 1.165) is 10.8 Å². The Morgan fingerprint density at radius 2 is 1.37 bits per heavy atom. The monoisotopic (exact) mass is 538 g/mol. The Bertz CT molecular complexity index is 1280. The number of ether oxygens (including phenoxy) is 2. The lowest BCUT2D eigenvalue weighted by atomic mass is 10.0. The second kappa shape index (κ2) is 13.7. The van der Waals surface area contributed by atoms with Crippen LogP contribution in [0.3, 0.4) is 0 Å². The molecule has 0 saturated heterocycles. The summed E-state index contributed by atoms with van der Waals surface area (Å²) in [5.41, 5.74) is 1.39. The lowest BCUT2D eigenvalue weighted by Gasteiger charge is -2.36. The van der Waals surface area contributed by atoms with Crippen LogP contribution < -0.4 is 4.74 Å². The Kier molecular flexibility index (Phi) is 10.4. The van der Waals surface area contributed by atoms with Crippen molar-refractivity contribution in [1.82, 2.24) is 9.42 Å². The van der Waals surface area contributed by atoms with Gasteiger partial charge in [0.05, 0.1) is 32.2 Å². The van der Waals surface area contributed by atoms with Crippen LogP contribution in [0.1, 0.15) is 37.3 Å². The van der Waals surface area contributed by atoms with Gasteiger partial charge in [-0.15, -0.1) is 4.41 Å². The fourth-order valence-electron chi connectivity index (χ4n) is 4.00. The van der Waals surface area contributed by atoms with Crippen LogP contribution in [0.5, 0.6) is 5.75 Å². The summed E-state index contributed by atoms with van der Waals surface area (Å²) in [6.45, 7) is 1.79. The number of sulfonamides is 1. The van der Waals surface area contributed by atoms with E-state index in [1.54, 1.807) is 48.5 Å². The minimum absolute atomic E-state index is 0.0109. The van der Waals surface area contributed by atoms with E-state index in [9.17, 15) is 18.0 Å². The summed E-state index contributed by atoms with van der Waals surface area (Å²) in [4.78, 5) is 26.8. The Hall–Kier alpha value is -3.69. The SMILES string of the molecule is CCCCC(C(=O)OC)C(=O)N(Cc1ccccc1)N(Cc1ccccc1)S(=O)(=O)c1ccc(OC)cc1. The average molecular weight is 539 g/mol. The molecule has 0 spiro atoms. The van der Waals surface area contributed by atoms with Crippen LogP contribution in [-0.2, 0) is 37.4 Å². The Balaban J connectivity index is 2.16. The standard InChI is InChI=1S/C29H34N2O6S/c1-4-5-16-27(29(33)37-3)28(32)30(21-23-12-8-6-9-13-23)31(22-24-14-10-7-11-15-24)38(34,35)26-19-17-25(36-2)18-20-26/h6-15,17-20,27H,4-5,16,21-22H2,1-3H3. The first kappa shape index (κ1) is 28.9. The smallest absolute Gasteiger partial charge is 0.318 e. The number of esters is 1. The number of carbonyl (C=O) groups is 2. The lowest BCUT2D eigenvalue weighted by molar-refractivity contribution is -0.160. The third-order valence-electron chi connectivity index (χ3n) is 6.12. The van der Waals surface area contributed by atoms with Gasteiger partial charge in [0.1, 0.15) is 11.7 Å². The maximum Gasteiger partial charge on any atom is 0.318 e. The van der Waals surface area contributed by atoms with Crippen LogP contribution in [0.2, 0.25) is 0 Å². The van der Waals surface area contributed by atoms with Crippen molar-refractivity contribution in [1.29, 1.82) is 0 Å². The first-order valence-corrected chi connectivity index (χ1v) is 13.9. The number of methoxy groups -OCH3 is 2. The molecule has 0 aliphatic rings. The largest absolute Gasteiger partial charge is 0.497 e. The first-order valence-electron chi connectivity index (χ1n) is 12.5. The van der Waals surface area contributed by atoms with Crippen LogP contribution in [0.15, 0.2) is 89.8 Å². The highest BCUT2D eigenvalue weighted by Crippen LogP contribution is 2.27. The lowest BCUT2D eigenvalue weighted by Crippen LogP contribution is -2.52. The summed E-state index contributed by atoms with van der Waals surface area (Å²) in [5, 5.41) is 1.17. The topological polar surface area (TPSA) is 93.2 Å². The van der Waals surface area contributed by atoms with Gasteiger partial charge in [0.2, 0.25) is 0 Å². The van der Waals surface area contributed by atoms with Gasteiger partial charge < -0.3 is 9.47 Å². The van der Waals surface area contributed by atoms with Gasteiger partial charge in [-0.3, -0.25) is 14.6 Å². The number of amides is 1. The highest BCUT2D eigenvalue weighted by Gasteiger charge is 2.39. The summed E-state index contributed by atoms with van der Waals surface area (Å²) < 4.78 is 39.4. The van der Waals surface area contributed by atoms with Crippen LogP contribution in [0.25, 0.3) is 0 Å². The van der Waals surface area contributed by atoms with Crippen molar-refractivity contribution >= 4 is 21.9 Å². The molecule has 38 heavy (non-hydrogen) atoms. The van der Waals surface area contributed by atoms with E-state index in [0.29, 0.717) is 23.3 Å². The fraction of sp³-hybridized carbons (Fsp3) is 0.310. The summed E-state index contributed by atoms with van der Waals surface area (Å²) in [6, 6.07) is 24.1. The molecule has 1 atom stereocenters. The number of benzene rings is 3. The van der Waals surface area contributed by atoms with Crippen molar-refractivity contribution in [3.63, 3.8) is 0 Å². The molecule has 3 aromatic rings.